The molecule has 1 aliphatic carbocycles. The van der Waals surface area contributed by atoms with Gasteiger partial charge in [0.05, 0.1) is 24.6 Å². The minimum atomic E-state index is -0.537. The van der Waals surface area contributed by atoms with Crippen molar-refractivity contribution >= 4 is 11.9 Å². The summed E-state index contributed by atoms with van der Waals surface area (Å²) in [5.41, 5.74) is 9.70. The number of carbonyl (C=O) groups is 1. The van der Waals surface area contributed by atoms with Crippen LogP contribution in [0.1, 0.15) is 120 Å². The molecule has 1 saturated carbocycles. The van der Waals surface area contributed by atoms with E-state index in [1.54, 1.807) is 24.5 Å². The van der Waals surface area contributed by atoms with E-state index in [0.717, 1.165) is 113 Å². The van der Waals surface area contributed by atoms with E-state index in [9.17, 15) is 20.1 Å². The standard InChI is InChI=1S/C50H68N6O8/c1-3-4-5-11-37(43-29-40(62-33(2)57)30-44(64-43)38-27-42(59)48(60)46(28-38)61-23-16-35-10-7-19-52-32-35)24-36-13-14-41(58)45(25-36)63-39-12-6-17-50(31-39)18-22-55-49(56-50)54-20-8-9-34-15-21-53-47(51)26-34/h7,10,13-15,19,25-28,32,37,39-40,43-44,53,58-60H,3-6,8-9,11-12,16-18,20-24,29-31,51H2,1-2H3,(H2,54,55,56)/t37-,39+,40-,43-,44+,50-/m1/s1. The minimum absolute atomic E-state index is 0.0475. The number of nitrogens with zero attached hydrogens (tertiary/aromatic N) is 2. The lowest BCUT2D eigenvalue weighted by Gasteiger charge is -2.44. The highest BCUT2D eigenvalue weighted by Crippen LogP contribution is 2.44. The first kappa shape index (κ1) is 46.4. The summed E-state index contributed by atoms with van der Waals surface area (Å²) in [5.74, 6) is 1.34. The van der Waals surface area contributed by atoms with Crippen LogP contribution in [0.2, 0.25) is 0 Å². The van der Waals surface area contributed by atoms with Crippen molar-refractivity contribution in [3.8, 4) is 28.7 Å². The zero-order chi connectivity index (χ0) is 44.9. The van der Waals surface area contributed by atoms with Crippen LogP contribution >= 0.6 is 0 Å². The Kier molecular flexibility index (Phi) is 16.2. The lowest BCUT2D eigenvalue weighted by molar-refractivity contribution is -0.165. The van der Waals surface area contributed by atoms with Gasteiger partial charge in [-0.15, -0.1) is 0 Å². The van der Waals surface area contributed by atoms with Gasteiger partial charge in [0.25, 0.3) is 0 Å². The van der Waals surface area contributed by atoms with Crippen molar-refractivity contribution in [2.75, 3.05) is 26.2 Å². The first-order valence-corrected chi connectivity index (χ1v) is 23.4. The average molecular weight is 881 g/mol. The number of hydrogen-bond acceptors (Lipinski definition) is 14. The monoisotopic (exact) mass is 881 g/mol. The number of phenols is 3. The van der Waals surface area contributed by atoms with Crippen LogP contribution in [0.25, 0.3) is 0 Å². The summed E-state index contributed by atoms with van der Waals surface area (Å²) in [4.78, 5) is 21.3. The zero-order valence-electron chi connectivity index (χ0n) is 37.5. The number of ether oxygens (including phenoxy) is 4. The number of aliphatic imine (C=N–C) groups is 1. The van der Waals surface area contributed by atoms with Gasteiger partial charge >= 0.3 is 5.97 Å². The summed E-state index contributed by atoms with van der Waals surface area (Å²) in [5, 5.41) is 43.2. The van der Waals surface area contributed by atoms with Gasteiger partial charge in [0.1, 0.15) is 12.2 Å². The fourth-order valence-electron chi connectivity index (χ4n) is 9.71. The third-order valence-corrected chi connectivity index (χ3v) is 13.0. The molecule has 4 heterocycles. The van der Waals surface area contributed by atoms with Gasteiger partial charge in [-0.1, -0.05) is 44.4 Å². The number of nitrogens with one attached hydrogen (secondary N) is 3. The number of aromatic hydroxyl groups is 3. The number of carbonyl (C=O) groups excluding carboxylic acids is 1. The zero-order valence-corrected chi connectivity index (χ0v) is 37.5. The predicted octanol–water partition coefficient (Wildman–Crippen LogP) is 7.52. The predicted molar refractivity (Wildman–Crippen MR) is 246 cm³/mol. The molecule has 1 saturated heterocycles. The second-order valence-electron chi connectivity index (χ2n) is 18.0. The quantitative estimate of drug-likeness (QED) is 0.0355. The number of rotatable bonds is 19. The Hall–Kier alpha value is -5.63. The normalized spacial score (nSPS) is 23.7. The number of unbranched alkanes of at least 4 members (excludes halogenated alkanes) is 2. The highest BCUT2D eigenvalue weighted by Gasteiger charge is 2.40. The molecule has 4 aliphatic rings. The Morgan fingerprint density at radius 2 is 1.92 bits per heavy atom. The average Bonchev–Trinajstić information content (AvgIpc) is 3.27. The van der Waals surface area contributed by atoms with Gasteiger partial charge in [-0.05, 0) is 116 Å². The summed E-state index contributed by atoms with van der Waals surface area (Å²) >= 11 is 0. The lowest BCUT2D eigenvalue weighted by atomic mass is 9.77. The van der Waals surface area contributed by atoms with Crippen molar-refractivity contribution < 1.29 is 39.1 Å². The molecule has 0 radical (unpaired) electrons. The van der Waals surface area contributed by atoms with Crippen LogP contribution in [0.15, 0.2) is 83.4 Å². The molecule has 3 aliphatic heterocycles. The number of guanidine groups is 1. The number of dihydropyridines is 1. The lowest BCUT2D eigenvalue weighted by Crippen LogP contribution is -2.59. The van der Waals surface area contributed by atoms with Crippen molar-refractivity contribution in [3.63, 3.8) is 0 Å². The fourth-order valence-corrected chi connectivity index (χ4v) is 9.71. The van der Waals surface area contributed by atoms with Crippen LogP contribution in [0.5, 0.6) is 28.7 Å². The maximum atomic E-state index is 12.4. The molecule has 2 fully saturated rings. The summed E-state index contributed by atoms with van der Waals surface area (Å²) in [6.07, 6.45) is 19.1. The Bertz CT molecular complexity index is 2110. The van der Waals surface area contributed by atoms with Crippen molar-refractivity contribution in [2.45, 2.75) is 140 Å². The molecule has 7 rings (SSSR count). The van der Waals surface area contributed by atoms with Crippen molar-refractivity contribution in [1.29, 1.82) is 0 Å². The van der Waals surface area contributed by atoms with Crippen molar-refractivity contribution in [2.24, 2.45) is 16.6 Å². The molecular weight excluding hydrogens is 813 g/mol. The molecule has 0 amide bonds. The topological polar surface area (TPSA) is 202 Å². The van der Waals surface area contributed by atoms with E-state index >= 15 is 0 Å². The molecule has 1 spiro atoms. The van der Waals surface area contributed by atoms with Gasteiger partial charge in [0.15, 0.2) is 29.0 Å². The summed E-state index contributed by atoms with van der Waals surface area (Å²) in [7, 11) is 0. The van der Waals surface area contributed by atoms with Crippen LogP contribution in [0.4, 0.5) is 0 Å². The molecule has 346 valence electrons. The number of aromatic nitrogens is 1. The number of phenolic OH excluding ortho intramolecular Hbond substituents is 3. The second kappa shape index (κ2) is 22.3. The number of allylic oxidation sites excluding steroid dienone is 2. The van der Waals surface area contributed by atoms with Crippen LogP contribution in [-0.4, -0.2) is 82.3 Å². The van der Waals surface area contributed by atoms with E-state index in [2.05, 4.69) is 33.9 Å². The molecule has 14 nitrogen and oxygen atoms in total. The molecule has 2 aromatic carbocycles. The number of hydrogen-bond donors (Lipinski definition) is 7. The first-order chi connectivity index (χ1) is 31.0. The van der Waals surface area contributed by atoms with Gasteiger partial charge in [-0.3, -0.25) is 14.8 Å². The number of nitrogens with two attached hydrogens (primary N) is 1. The van der Waals surface area contributed by atoms with Crippen molar-refractivity contribution in [3.05, 3.63) is 95.1 Å². The van der Waals surface area contributed by atoms with E-state index in [-0.39, 0.29) is 59.2 Å². The van der Waals surface area contributed by atoms with Crippen molar-refractivity contribution in [1.82, 2.24) is 20.9 Å². The molecule has 1 aromatic heterocycles. The number of pyridine rings is 1. The fraction of sp³-hybridized carbons (Fsp3) is 0.540. The third kappa shape index (κ3) is 13.0. The van der Waals surface area contributed by atoms with E-state index in [4.69, 9.17) is 29.7 Å². The number of esters is 1. The molecule has 14 heteroatoms. The molecule has 64 heavy (non-hydrogen) atoms. The second-order valence-corrected chi connectivity index (χ2v) is 18.0. The summed E-state index contributed by atoms with van der Waals surface area (Å²) in [6.45, 7) is 6.19. The largest absolute Gasteiger partial charge is 0.504 e. The van der Waals surface area contributed by atoms with E-state index < -0.39 is 12.2 Å². The van der Waals surface area contributed by atoms with Crippen LogP contribution in [0.3, 0.4) is 0 Å². The van der Waals surface area contributed by atoms with E-state index in [0.29, 0.717) is 37.0 Å². The van der Waals surface area contributed by atoms with Crippen LogP contribution in [0, 0.1) is 5.92 Å². The van der Waals surface area contributed by atoms with Gasteiger partial charge in [-0.2, -0.15) is 0 Å². The smallest absolute Gasteiger partial charge is 0.302 e. The Morgan fingerprint density at radius 1 is 1.03 bits per heavy atom. The molecule has 3 aromatic rings. The Labute approximate surface area is 377 Å². The Morgan fingerprint density at radius 3 is 2.73 bits per heavy atom. The molecule has 6 atom stereocenters. The molecule has 0 bridgehead atoms. The molecule has 0 unspecified atom stereocenters. The third-order valence-electron chi connectivity index (χ3n) is 13.0. The Balaban J connectivity index is 1.01. The van der Waals surface area contributed by atoms with E-state index in [1.807, 2.05) is 30.3 Å². The van der Waals surface area contributed by atoms with Crippen LogP contribution in [-0.2, 0) is 27.1 Å². The highest BCUT2D eigenvalue weighted by molar-refractivity contribution is 5.81. The summed E-state index contributed by atoms with van der Waals surface area (Å²) in [6, 6.07) is 12.7. The maximum absolute atomic E-state index is 12.4. The summed E-state index contributed by atoms with van der Waals surface area (Å²) < 4.78 is 25.5. The first-order valence-electron chi connectivity index (χ1n) is 23.4. The van der Waals surface area contributed by atoms with Gasteiger partial charge < -0.3 is 56.0 Å². The molecular formula is C50H68N6O8. The van der Waals surface area contributed by atoms with Crippen LogP contribution < -0.4 is 31.2 Å². The minimum Gasteiger partial charge on any atom is -0.504 e. The van der Waals surface area contributed by atoms with E-state index in [1.165, 1.54) is 18.6 Å². The van der Waals surface area contributed by atoms with Gasteiger partial charge in [0, 0.05) is 70.2 Å². The maximum Gasteiger partial charge on any atom is 0.302 e. The molecule has 8 N–H and O–H groups in total. The van der Waals surface area contributed by atoms with Gasteiger partial charge in [0.2, 0.25) is 5.75 Å². The van der Waals surface area contributed by atoms with Gasteiger partial charge in [-0.25, -0.2) is 0 Å². The SMILES string of the molecule is CCCCC[C@H](Cc1ccc(O)c(O[C@H]2CCC[C@@]3(CCN=C(NCCCC4=CCNC(N)=C4)N3)C2)c1)[C@H]1C[C@@H](OC(C)=O)C[C@@H](c2cc(O)c(O)c(OCCc3cccnc3)c2)O1. The highest BCUT2D eigenvalue weighted by atomic mass is 16.6. The number of benzene rings is 2.